The van der Waals surface area contributed by atoms with Gasteiger partial charge in [-0.2, -0.15) is 0 Å². The van der Waals surface area contributed by atoms with E-state index in [-0.39, 0.29) is 0 Å². The van der Waals surface area contributed by atoms with Crippen molar-refractivity contribution < 1.29 is 5.11 Å². The van der Waals surface area contributed by atoms with Crippen LogP contribution in [0.25, 0.3) is 0 Å². The van der Waals surface area contributed by atoms with Crippen molar-refractivity contribution in [3.63, 3.8) is 0 Å². The maximum absolute atomic E-state index is 9.52. The third-order valence-corrected chi connectivity index (χ3v) is 3.83. The quantitative estimate of drug-likeness (QED) is 0.932. The van der Waals surface area contributed by atoms with Gasteiger partial charge in [-0.1, -0.05) is 12.1 Å². The molecule has 1 saturated heterocycles. The number of nitrogens with zero attached hydrogens (tertiary/aromatic N) is 4. The summed E-state index contributed by atoms with van der Waals surface area (Å²) in [4.78, 5) is 13.4. The summed E-state index contributed by atoms with van der Waals surface area (Å²) in [6.45, 7) is 5.49. The van der Waals surface area contributed by atoms with Gasteiger partial charge in [0.05, 0.1) is 6.10 Å². The molecule has 0 aliphatic carbocycles. The smallest absolute Gasteiger partial charge is 0.128 e. The van der Waals surface area contributed by atoms with Crippen molar-refractivity contribution in [3.8, 4) is 0 Å². The second kappa shape index (κ2) is 6.10. The van der Waals surface area contributed by atoms with Gasteiger partial charge >= 0.3 is 0 Å². The molecule has 0 spiro atoms. The molecule has 3 heterocycles. The number of anilines is 2. The van der Waals surface area contributed by atoms with Crippen LogP contribution in [0.4, 0.5) is 11.6 Å². The van der Waals surface area contributed by atoms with E-state index in [4.69, 9.17) is 0 Å². The summed E-state index contributed by atoms with van der Waals surface area (Å²) < 4.78 is 0. The number of aromatic nitrogens is 2. The number of aliphatic hydroxyl groups excluding tert-OH is 1. The molecule has 1 aliphatic heterocycles. The molecule has 1 aliphatic rings. The SMILES string of the molecule is C[C@@H](O)c1ccc(N2CCN(c3ccccn3)CC2)nc1. The van der Waals surface area contributed by atoms with Crippen molar-refractivity contribution in [2.24, 2.45) is 0 Å². The third-order valence-electron chi connectivity index (χ3n) is 3.83. The molecule has 2 aromatic heterocycles. The number of hydrogen-bond donors (Lipinski definition) is 1. The summed E-state index contributed by atoms with van der Waals surface area (Å²) in [5.41, 5.74) is 0.853. The molecule has 0 amide bonds. The topological polar surface area (TPSA) is 52.5 Å². The lowest BCUT2D eigenvalue weighted by atomic mass is 10.2. The zero-order valence-electron chi connectivity index (χ0n) is 12.2. The molecule has 2 aromatic rings. The molecule has 1 N–H and O–H groups in total. The molecule has 3 rings (SSSR count). The van der Waals surface area contributed by atoms with Crippen LogP contribution < -0.4 is 9.80 Å². The van der Waals surface area contributed by atoms with Gasteiger partial charge in [0.1, 0.15) is 11.6 Å². The Morgan fingerprint density at radius 1 is 0.952 bits per heavy atom. The van der Waals surface area contributed by atoms with Crippen LogP contribution in [-0.2, 0) is 0 Å². The van der Waals surface area contributed by atoms with E-state index in [9.17, 15) is 5.11 Å². The van der Waals surface area contributed by atoms with Crippen LogP contribution in [0.2, 0.25) is 0 Å². The molecule has 21 heavy (non-hydrogen) atoms. The van der Waals surface area contributed by atoms with Crippen LogP contribution in [0, 0.1) is 0 Å². The van der Waals surface area contributed by atoms with E-state index >= 15 is 0 Å². The first-order chi connectivity index (χ1) is 10.2. The van der Waals surface area contributed by atoms with Crippen molar-refractivity contribution in [1.82, 2.24) is 9.97 Å². The van der Waals surface area contributed by atoms with Gasteiger partial charge in [-0.25, -0.2) is 9.97 Å². The van der Waals surface area contributed by atoms with Crippen LogP contribution in [-0.4, -0.2) is 41.3 Å². The minimum absolute atomic E-state index is 0.465. The second-order valence-electron chi connectivity index (χ2n) is 5.29. The van der Waals surface area contributed by atoms with Crippen molar-refractivity contribution in [1.29, 1.82) is 0 Å². The first kappa shape index (κ1) is 13.8. The van der Waals surface area contributed by atoms with Gasteiger partial charge in [0, 0.05) is 38.6 Å². The Morgan fingerprint density at radius 3 is 2.10 bits per heavy atom. The highest BCUT2D eigenvalue weighted by molar-refractivity contribution is 5.45. The Balaban J connectivity index is 1.63. The molecule has 0 radical (unpaired) electrons. The third kappa shape index (κ3) is 3.13. The van der Waals surface area contributed by atoms with Crippen molar-refractivity contribution in [3.05, 3.63) is 48.3 Å². The van der Waals surface area contributed by atoms with Crippen LogP contribution in [0.3, 0.4) is 0 Å². The molecule has 0 aromatic carbocycles. The lowest BCUT2D eigenvalue weighted by molar-refractivity contribution is 0.199. The Bertz CT molecular complexity index is 563. The second-order valence-corrected chi connectivity index (χ2v) is 5.29. The van der Waals surface area contributed by atoms with E-state index in [0.29, 0.717) is 0 Å². The Labute approximate surface area is 124 Å². The van der Waals surface area contributed by atoms with Gasteiger partial charge in [0.15, 0.2) is 0 Å². The first-order valence-electron chi connectivity index (χ1n) is 7.29. The summed E-state index contributed by atoms with van der Waals surface area (Å²) in [6.07, 6.45) is 3.12. The van der Waals surface area contributed by atoms with Gasteiger partial charge in [-0.15, -0.1) is 0 Å². The molecular formula is C16H20N4O. The van der Waals surface area contributed by atoms with E-state index in [2.05, 4.69) is 19.8 Å². The summed E-state index contributed by atoms with van der Waals surface area (Å²) >= 11 is 0. The van der Waals surface area contributed by atoms with Gasteiger partial charge in [-0.3, -0.25) is 0 Å². The maximum atomic E-state index is 9.52. The summed E-state index contributed by atoms with van der Waals surface area (Å²) in [7, 11) is 0. The van der Waals surface area contributed by atoms with Crippen LogP contribution in [0.1, 0.15) is 18.6 Å². The minimum Gasteiger partial charge on any atom is -0.389 e. The van der Waals surface area contributed by atoms with Crippen molar-refractivity contribution >= 4 is 11.6 Å². The monoisotopic (exact) mass is 284 g/mol. The number of aliphatic hydroxyl groups is 1. The zero-order valence-corrected chi connectivity index (χ0v) is 12.2. The molecule has 1 atom stereocenters. The van der Waals surface area contributed by atoms with Crippen LogP contribution in [0.15, 0.2) is 42.7 Å². The van der Waals surface area contributed by atoms with Crippen LogP contribution >= 0.6 is 0 Å². The number of hydrogen-bond acceptors (Lipinski definition) is 5. The number of rotatable bonds is 3. The number of piperazine rings is 1. The zero-order chi connectivity index (χ0) is 14.7. The molecule has 1 fully saturated rings. The van der Waals surface area contributed by atoms with E-state index in [1.165, 1.54) is 0 Å². The van der Waals surface area contributed by atoms with E-state index in [0.717, 1.165) is 43.4 Å². The average Bonchev–Trinajstić information content (AvgIpc) is 2.56. The fourth-order valence-electron chi connectivity index (χ4n) is 2.54. The summed E-state index contributed by atoms with van der Waals surface area (Å²) in [5, 5.41) is 9.52. The van der Waals surface area contributed by atoms with Crippen LogP contribution in [0.5, 0.6) is 0 Å². The normalized spacial score (nSPS) is 16.9. The molecule has 5 nitrogen and oxygen atoms in total. The maximum Gasteiger partial charge on any atom is 0.128 e. The molecule has 0 bridgehead atoms. The first-order valence-corrected chi connectivity index (χ1v) is 7.29. The summed E-state index contributed by atoms with van der Waals surface area (Å²) in [5.74, 6) is 2.01. The largest absolute Gasteiger partial charge is 0.389 e. The van der Waals surface area contributed by atoms with E-state index in [1.54, 1.807) is 13.1 Å². The highest BCUT2D eigenvalue weighted by Crippen LogP contribution is 2.19. The summed E-state index contributed by atoms with van der Waals surface area (Å²) in [6, 6.07) is 9.93. The molecular weight excluding hydrogens is 264 g/mol. The van der Waals surface area contributed by atoms with Gasteiger partial charge in [0.2, 0.25) is 0 Å². The molecule has 110 valence electrons. The van der Waals surface area contributed by atoms with Gasteiger partial charge in [0.25, 0.3) is 0 Å². The Kier molecular flexibility index (Phi) is 4.01. The minimum atomic E-state index is -0.465. The average molecular weight is 284 g/mol. The van der Waals surface area contributed by atoms with Crippen molar-refractivity contribution in [2.45, 2.75) is 13.0 Å². The Morgan fingerprint density at radius 2 is 1.62 bits per heavy atom. The predicted octanol–water partition coefficient (Wildman–Crippen LogP) is 1.86. The van der Waals surface area contributed by atoms with Crippen molar-refractivity contribution in [2.75, 3.05) is 36.0 Å². The molecule has 0 unspecified atom stereocenters. The highest BCUT2D eigenvalue weighted by Gasteiger charge is 2.18. The van der Waals surface area contributed by atoms with Gasteiger partial charge < -0.3 is 14.9 Å². The van der Waals surface area contributed by atoms with E-state index < -0.39 is 6.10 Å². The lowest BCUT2D eigenvalue weighted by Gasteiger charge is -2.36. The van der Waals surface area contributed by atoms with Gasteiger partial charge in [-0.05, 0) is 30.7 Å². The molecule has 0 saturated carbocycles. The highest BCUT2D eigenvalue weighted by atomic mass is 16.3. The standard InChI is InChI=1S/C16H20N4O/c1-13(21)14-5-6-16(18-12-14)20-10-8-19(9-11-20)15-4-2-3-7-17-15/h2-7,12-13,21H,8-11H2,1H3/t13-/m1/s1. The van der Waals surface area contributed by atoms with E-state index in [1.807, 2.05) is 36.5 Å². The Hall–Kier alpha value is -2.14. The lowest BCUT2D eigenvalue weighted by Crippen LogP contribution is -2.47. The fourth-order valence-corrected chi connectivity index (χ4v) is 2.54. The molecule has 5 heteroatoms. The predicted molar refractivity (Wildman–Crippen MR) is 83.5 cm³/mol. The number of pyridine rings is 2. The fraction of sp³-hybridized carbons (Fsp3) is 0.375.